The number of hydrogen-bond acceptors (Lipinski definition) is 5. The summed E-state index contributed by atoms with van der Waals surface area (Å²) in [6, 6.07) is 13.9. The lowest BCUT2D eigenvalue weighted by atomic mass is 10.0. The van der Waals surface area contributed by atoms with E-state index in [1.165, 1.54) is 19.3 Å². The molecule has 0 unspecified atom stereocenters. The highest BCUT2D eigenvalue weighted by Gasteiger charge is 2.16. The second-order valence-electron chi connectivity index (χ2n) is 8.31. The number of fused-ring (bicyclic) bond motifs is 2. The van der Waals surface area contributed by atoms with Gasteiger partial charge >= 0.3 is 5.63 Å². The van der Waals surface area contributed by atoms with Gasteiger partial charge in [-0.1, -0.05) is 30.7 Å². The van der Waals surface area contributed by atoms with Crippen LogP contribution in [0, 0.1) is 13.8 Å². The molecule has 6 heteroatoms. The standard InChI is InChI=1S/C25H26N4O2/c1-16-10-11-21-19(14-23(30)31-24(21)17(16)2)15-26-20-8-6-7-18(13-20)25-28-27-22-9-4-3-5-12-29(22)25/h6-8,10-11,13-14,26H,3-5,9,12,15H2,1-2H3. The van der Waals surface area contributed by atoms with Crippen LogP contribution in [0.2, 0.25) is 0 Å². The van der Waals surface area contributed by atoms with Crippen molar-refractivity contribution in [2.24, 2.45) is 0 Å². The minimum atomic E-state index is -0.321. The molecular formula is C25H26N4O2. The molecule has 1 aliphatic rings. The molecule has 0 saturated carbocycles. The van der Waals surface area contributed by atoms with Crippen molar-refractivity contribution in [2.45, 2.75) is 52.6 Å². The maximum absolute atomic E-state index is 12.1. The average Bonchev–Trinajstić information content (AvgIpc) is 3.03. The molecule has 0 aliphatic carbocycles. The lowest BCUT2D eigenvalue weighted by molar-refractivity contribution is 0.556. The van der Waals surface area contributed by atoms with Gasteiger partial charge in [0, 0.05) is 42.2 Å². The van der Waals surface area contributed by atoms with E-state index < -0.39 is 0 Å². The van der Waals surface area contributed by atoms with Crippen LogP contribution < -0.4 is 10.9 Å². The second kappa shape index (κ2) is 8.02. The van der Waals surface area contributed by atoms with Crippen LogP contribution in [0.15, 0.2) is 51.7 Å². The van der Waals surface area contributed by atoms with Crippen molar-refractivity contribution >= 4 is 16.7 Å². The van der Waals surface area contributed by atoms with E-state index in [1.54, 1.807) is 6.07 Å². The van der Waals surface area contributed by atoms with E-state index >= 15 is 0 Å². The quantitative estimate of drug-likeness (QED) is 0.476. The lowest BCUT2D eigenvalue weighted by Gasteiger charge is -2.12. The molecule has 0 atom stereocenters. The largest absolute Gasteiger partial charge is 0.422 e. The highest BCUT2D eigenvalue weighted by molar-refractivity contribution is 5.84. The molecule has 0 amide bonds. The number of hydrogen-bond donors (Lipinski definition) is 1. The molecule has 31 heavy (non-hydrogen) atoms. The summed E-state index contributed by atoms with van der Waals surface area (Å²) in [5, 5.41) is 13.3. The summed E-state index contributed by atoms with van der Waals surface area (Å²) in [5.74, 6) is 2.01. The number of nitrogens with one attached hydrogen (secondary N) is 1. The molecule has 1 aliphatic heterocycles. The first-order valence-corrected chi connectivity index (χ1v) is 10.9. The summed E-state index contributed by atoms with van der Waals surface area (Å²) in [6.45, 7) is 5.52. The van der Waals surface area contributed by atoms with Gasteiger partial charge in [-0.15, -0.1) is 10.2 Å². The average molecular weight is 415 g/mol. The molecule has 158 valence electrons. The van der Waals surface area contributed by atoms with Gasteiger partial charge in [0.15, 0.2) is 5.82 Å². The molecule has 0 saturated heterocycles. The molecule has 0 fully saturated rings. The SMILES string of the molecule is Cc1ccc2c(CNc3cccc(-c4nnc5n4CCCCC5)c3)cc(=O)oc2c1C. The minimum absolute atomic E-state index is 0.321. The number of aromatic nitrogens is 3. The topological polar surface area (TPSA) is 73.0 Å². The molecule has 2 aromatic carbocycles. The van der Waals surface area contributed by atoms with Gasteiger partial charge in [-0.05, 0) is 55.5 Å². The molecule has 0 spiro atoms. The fourth-order valence-electron chi connectivity index (χ4n) is 4.33. The normalized spacial score (nSPS) is 13.7. The second-order valence-corrected chi connectivity index (χ2v) is 8.31. The van der Waals surface area contributed by atoms with Crippen molar-refractivity contribution in [3.63, 3.8) is 0 Å². The summed E-state index contributed by atoms with van der Waals surface area (Å²) in [4.78, 5) is 12.1. The van der Waals surface area contributed by atoms with Crippen LogP contribution in [0.4, 0.5) is 5.69 Å². The molecule has 0 radical (unpaired) electrons. The van der Waals surface area contributed by atoms with E-state index in [9.17, 15) is 4.79 Å². The van der Waals surface area contributed by atoms with Crippen LogP contribution in [-0.2, 0) is 19.5 Å². The minimum Gasteiger partial charge on any atom is -0.422 e. The number of nitrogens with zero attached hydrogens (tertiary/aromatic N) is 3. The van der Waals surface area contributed by atoms with Gasteiger partial charge in [0.05, 0.1) is 0 Å². The van der Waals surface area contributed by atoms with Crippen LogP contribution in [0.5, 0.6) is 0 Å². The third-order valence-electron chi connectivity index (χ3n) is 6.23. The Morgan fingerprint density at radius 1 is 1.06 bits per heavy atom. The van der Waals surface area contributed by atoms with Gasteiger partial charge in [0.2, 0.25) is 0 Å². The Morgan fingerprint density at radius 2 is 1.97 bits per heavy atom. The van der Waals surface area contributed by atoms with Gasteiger partial charge < -0.3 is 14.3 Å². The monoisotopic (exact) mass is 414 g/mol. The smallest absolute Gasteiger partial charge is 0.336 e. The summed E-state index contributed by atoms with van der Waals surface area (Å²) in [5.41, 5.74) is 5.42. The van der Waals surface area contributed by atoms with Gasteiger partial charge in [-0.3, -0.25) is 0 Å². The van der Waals surface area contributed by atoms with Gasteiger partial charge in [-0.25, -0.2) is 4.79 Å². The molecule has 6 nitrogen and oxygen atoms in total. The van der Waals surface area contributed by atoms with Crippen LogP contribution >= 0.6 is 0 Å². The number of benzene rings is 2. The first-order valence-electron chi connectivity index (χ1n) is 10.9. The molecule has 2 aromatic heterocycles. The van der Waals surface area contributed by atoms with Crippen LogP contribution in [0.1, 0.15) is 41.8 Å². The van der Waals surface area contributed by atoms with Crippen LogP contribution in [-0.4, -0.2) is 14.8 Å². The Hall–Kier alpha value is -3.41. The maximum atomic E-state index is 12.1. The van der Waals surface area contributed by atoms with Gasteiger partial charge in [0.1, 0.15) is 11.4 Å². The Morgan fingerprint density at radius 3 is 2.87 bits per heavy atom. The summed E-state index contributed by atoms with van der Waals surface area (Å²) < 4.78 is 7.75. The molecule has 3 heterocycles. The summed E-state index contributed by atoms with van der Waals surface area (Å²) in [7, 11) is 0. The molecule has 1 N–H and O–H groups in total. The zero-order chi connectivity index (χ0) is 21.4. The number of rotatable bonds is 4. The Bertz CT molecular complexity index is 1320. The van der Waals surface area contributed by atoms with Crippen molar-refractivity contribution < 1.29 is 4.42 Å². The van der Waals surface area contributed by atoms with E-state index in [4.69, 9.17) is 4.42 Å². The lowest BCUT2D eigenvalue weighted by Crippen LogP contribution is -2.07. The zero-order valence-electron chi connectivity index (χ0n) is 17.9. The van der Waals surface area contributed by atoms with Crippen molar-refractivity contribution in [2.75, 3.05) is 5.32 Å². The van der Waals surface area contributed by atoms with Gasteiger partial charge in [-0.2, -0.15) is 0 Å². The van der Waals surface area contributed by atoms with Crippen LogP contribution in [0.25, 0.3) is 22.4 Å². The zero-order valence-corrected chi connectivity index (χ0v) is 17.9. The van der Waals surface area contributed by atoms with E-state index in [2.05, 4.69) is 38.3 Å². The van der Waals surface area contributed by atoms with Crippen molar-refractivity contribution in [1.29, 1.82) is 0 Å². The Balaban J connectivity index is 1.44. The van der Waals surface area contributed by atoms with Crippen molar-refractivity contribution in [3.8, 4) is 11.4 Å². The highest BCUT2D eigenvalue weighted by atomic mass is 16.4. The molecule has 4 aromatic rings. The summed E-state index contributed by atoms with van der Waals surface area (Å²) in [6.07, 6.45) is 4.58. The fraction of sp³-hybridized carbons (Fsp3) is 0.320. The first-order chi connectivity index (χ1) is 15.1. The predicted molar refractivity (Wildman–Crippen MR) is 122 cm³/mol. The van der Waals surface area contributed by atoms with E-state index in [1.807, 2.05) is 32.0 Å². The van der Waals surface area contributed by atoms with E-state index in [0.29, 0.717) is 12.1 Å². The molecule has 5 rings (SSSR count). The van der Waals surface area contributed by atoms with E-state index in [-0.39, 0.29) is 5.63 Å². The predicted octanol–water partition coefficient (Wildman–Crippen LogP) is 5.01. The number of aryl methyl sites for hydroxylation is 3. The van der Waals surface area contributed by atoms with Crippen molar-refractivity contribution in [3.05, 3.63) is 75.4 Å². The summed E-state index contributed by atoms with van der Waals surface area (Å²) >= 11 is 0. The van der Waals surface area contributed by atoms with E-state index in [0.717, 1.165) is 57.9 Å². The fourth-order valence-corrected chi connectivity index (χ4v) is 4.33. The Labute approximate surface area is 180 Å². The molecular weight excluding hydrogens is 388 g/mol. The molecule has 0 bridgehead atoms. The third kappa shape index (κ3) is 3.74. The van der Waals surface area contributed by atoms with Crippen LogP contribution in [0.3, 0.4) is 0 Å². The third-order valence-corrected chi connectivity index (χ3v) is 6.23. The maximum Gasteiger partial charge on any atom is 0.336 e. The Kier molecular flexibility index (Phi) is 5.06. The van der Waals surface area contributed by atoms with Crippen molar-refractivity contribution in [1.82, 2.24) is 14.8 Å². The number of anilines is 1. The first kappa shape index (κ1) is 19.5. The highest BCUT2D eigenvalue weighted by Crippen LogP contribution is 2.27. The van der Waals surface area contributed by atoms with Gasteiger partial charge in [0.25, 0.3) is 0 Å².